The summed E-state index contributed by atoms with van der Waals surface area (Å²) in [4.78, 5) is 5.90. The molecule has 0 radical (unpaired) electrons. The molecule has 0 aliphatic carbocycles. The molecular formula is C13H16ClF3N2. The number of anilines is 1. The van der Waals surface area contributed by atoms with Gasteiger partial charge in [-0.3, -0.25) is 0 Å². The maximum absolute atomic E-state index is 12.7. The van der Waals surface area contributed by atoms with E-state index in [0.29, 0.717) is 11.7 Å². The average Bonchev–Trinajstić information content (AvgIpc) is 2.37. The Hall–Kier alpha value is -0.970. The molecule has 0 aromatic carbocycles. The maximum Gasteiger partial charge on any atom is 0.416 e. The van der Waals surface area contributed by atoms with Gasteiger partial charge in [0.2, 0.25) is 0 Å². The van der Waals surface area contributed by atoms with Crippen LogP contribution in [0.25, 0.3) is 0 Å². The second kappa shape index (κ2) is 5.57. The predicted octanol–water partition coefficient (Wildman–Crippen LogP) is 4.38. The van der Waals surface area contributed by atoms with Crippen molar-refractivity contribution in [3.05, 3.63) is 22.8 Å². The summed E-state index contributed by atoms with van der Waals surface area (Å²) in [5, 5.41) is -0.109. The Kier molecular flexibility index (Phi) is 4.23. The highest BCUT2D eigenvalue weighted by Crippen LogP contribution is 2.33. The molecule has 0 saturated carbocycles. The normalized spacial score (nSPS) is 17.8. The fourth-order valence-corrected chi connectivity index (χ4v) is 2.58. The van der Waals surface area contributed by atoms with E-state index in [1.807, 2.05) is 4.90 Å². The van der Waals surface area contributed by atoms with Crippen LogP contribution in [0.2, 0.25) is 5.15 Å². The minimum Gasteiger partial charge on any atom is -0.357 e. The van der Waals surface area contributed by atoms with E-state index in [1.54, 1.807) is 0 Å². The fourth-order valence-electron chi connectivity index (χ4n) is 2.38. The molecule has 1 aromatic heterocycles. The second-order valence-corrected chi connectivity index (χ2v) is 5.26. The van der Waals surface area contributed by atoms with Crippen molar-refractivity contribution in [2.24, 2.45) is 5.92 Å². The van der Waals surface area contributed by atoms with Gasteiger partial charge in [0.1, 0.15) is 11.0 Å². The Balaban J connectivity index is 2.19. The monoisotopic (exact) mass is 292 g/mol. The number of pyridine rings is 1. The van der Waals surface area contributed by atoms with Crippen LogP contribution in [-0.2, 0) is 6.18 Å². The fraction of sp³-hybridized carbons (Fsp3) is 0.615. The molecular weight excluding hydrogens is 277 g/mol. The smallest absolute Gasteiger partial charge is 0.357 e. The average molecular weight is 293 g/mol. The molecule has 0 amide bonds. The molecule has 6 heteroatoms. The van der Waals surface area contributed by atoms with Crippen molar-refractivity contribution in [3.63, 3.8) is 0 Å². The third-order valence-corrected chi connectivity index (χ3v) is 3.82. The first kappa shape index (κ1) is 14.4. The van der Waals surface area contributed by atoms with Gasteiger partial charge in [0.05, 0.1) is 5.56 Å². The van der Waals surface area contributed by atoms with E-state index in [1.165, 1.54) is 0 Å². The van der Waals surface area contributed by atoms with E-state index in [0.717, 1.165) is 44.5 Å². The molecule has 0 unspecified atom stereocenters. The molecule has 1 aromatic rings. The minimum absolute atomic E-state index is 0.109. The number of alkyl halides is 3. The van der Waals surface area contributed by atoms with Crippen LogP contribution in [0.4, 0.5) is 19.0 Å². The van der Waals surface area contributed by atoms with Gasteiger partial charge in [-0.1, -0.05) is 24.9 Å². The Morgan fingerprint density at radius 3 is 2.47 bits per heavy atom. The number of nitrogens with zero attached hydrogens (tertiary/aromatic N) is 2. The van der Waals surface area contributed by atoms with Crippen molar-refractivity contribution in [2.45, 2.75) is 32.4 Å². The van der Waals surface area contributed by atoms with Crippen LogP contribution < -0.4 is 4.90 Å². The number of hydrogen-bond donors (Lipinski definition) is 0. The van der Waals surface area contributed by atoms with Gasteiger partial charge in [0.15, 0.2) is 0 Å². The number of hydrogen-bond acceptors (Lipinski definition) is 2. The SMILES string of the molecule is CCC1CCN(c2cc(C(F)(F)F)cc(Cl)n2)CC1. The lowest BCUT2D eigenvalue weighted by atomic mass is 9.94. The Morgan fingerprint density at radius 1 is 1.32 bits per heavy atom. The standard InChI is InChI=1S/C13H16ClF3N2/c1-2-9-3-5-19(6-4-9)12-8-10(13(15,16)17)7-11(14)18-12/h7-9H,2-6H2,1H3. The number of rotatable bonds is 2. The van der Waals surface area contributed by atoms with Gasteiger partial charge in [-0.2, -0.15) is 13.2 Å². The van der Waals surface area contributed by atoms with Gasteiger partial charge in [0.25, 0.3) is 0 Å². The van der Waals surface area contributed by atoms with Crippen molar-refractivity contribution in [1.82, 2.24) is 4.98 Å². The van der Waals surface area contributed by atoms with Crippen LogP contribution in [0, 0.1) is 5.92 Å². The first-order valence-electron chi connectivity index (χ1n) is 6.40. The third kappa shape index (κ3) is 3.53. The summed E-state index contributed by atoms with van der Waals surface area (Å²) >= 11 is 5.69. The number of halogens is 4. The van der Waals surface area contributed by atoms with E-state index < -0.39 is 11.7 Å². The molecule has 2 rings (SSSR count). The van der Waals surface area contributed by atoms with Crippen molar-refractivity contribution in [3.8, 4) is 0 Å². The summed E-state index contributed by atoms with van der Waals surface area (Å²) in [7, 11) is 0. The van der Waals surface area contributed by atoms with Crippen molar-refractivity contribution < 1.29 is 13.2 Å². The number of aromatic nitrogens is 1. The van der Waals surface area contributed by atoms with E-state index >= 15 is 0 Å². The highest BCUT2D eigenvalue weighted by molar-refractivity contribution is 6.29. The second-order valence-electron chi connectivity index (χ2n) is 4.87. The van der Waals surface area contributed by atoms with Crippen molar-refractivity contribution in [1.29, 1.82) is 0 Å². The van der Waals surface area contributed by atoms with Gasteiger partial charge >= 0.3 is 6.18 Å². The minimum atomic E-state index is -4.39. The molecule has 2 heterocycles. The van der Waals surface area contributed by atoms with Gasteiger partial charge in [-0.15, -0.1) is 0 Å². The zero-order valence-electron chi connectivity index (χ0n) is 10.7. The summed E-state index contributed by atoms with van der Waals surface area (Å²) < 4.78 is 38.2. The van der Waals surface area contributed by atoms with Crippen LogP contribution in [0.5, 0.6) is 0 Å². The van der Waals surface area contributed by atoms with Crippen LogP contribution >= 0.6 is 11.6 Å². The maximum atomic E-state index is 12.7. The lowest BCUT2D eigenvalue weighted by molar-refractivity contribution is -0.137. The van der Waals surface area contributed by atoms with Crippen molar-refractivity contribution >= 4 is 17.4 Å². The van der Waals surface area contributed by atoms with E-state index in [-0.39, 0.29) is 5.15 Å². The molecule has 1 saturated heterocycles. The highest BCUT2D eigenvalue weighted by Gasteiger charge is 2.32. The first-order valence-corrected chi connectivity index (χ1v) is 6.77. The first-order chi connectivity index (χ1) is 8.90. The molecule has 2 nitrogen and oxygen atoms in total. The highest BCUT2D eigenvalue weighted by atomic mass is 35.5. The molecule has 0 N–H and O–H groups in total. The molecule has 0 bridgehead atoms. The summed E-state index contributed by atoms with van der Waals surface area (Å²) in [6.45, 7) is 3.62. The largest absolute Gasteiger partial charge is 0.416 e. The summed E-state index contributed by atoms with van der Waals surface area (Å²) in [5.41, 5.74) is -0.736. The Bertz CT molecular complexity index is 440. The van der Waals surface area contributed by atoms with E-state index in [9.17, 15) is 13.2 Å². The van der Waals surface area contributed by atoms with E-state index in [2.05, 4.69) is 11.9 Å². The van der Waals surface area contributed by atoms with Crippen molar-refractivity contribution in [2.75, 3.05) is 18.0 Å². The van der Waals surface area contributed by atoms with Gasteiger partial charge in [-0.25, -0.2) is 4.98 Å². The molecule has 1 aliphatic heterocycles. The summed E-state index contributed by atoms with van der Waals surface area (Å²) in [5.74, 6) is 0.992. The zero-order valence-corrected chi connectivity index (χ0v) is 11.4. The van der Waals surface area contributed by atoms with Crippen LogP contribution in [0.3, 0.4) is 0 Å². The van der Waals surface area contributed by atoms with E-state index in [4.69, 9.17) is 11.6 Å². The molecule has 1 fully saturated rings. The summed E-state index contributed by atoms with van der Waals surface area (Å²) in [6.07, 6.45) is -1.29. The summed E-state index contributed by atoms with van der Waals surface area (Å²) in [6, 6.07) is 1.95. The number of piperidine rings is 1. The Morgan fingerprint density at radius 2 is 1.95 bits per heavy atom. The third-order valence-electron chi connectivity index (χ3n) is 3.62. The van der Waals surface area contributed by atoms with Crippen LogP contribution in [0.15, 0.2) is 12.1 Å². The topological polar surface area (TPSA) is 16.1 Å². The quantitative estimate of drug-likeness (QED) is 0.752. The van der Waals surface area contributed by atoms with Gasteiger partial charge in [0, 0.05) is 13.1 Å². The molecule has 0 spiro atoms. The van der Waals surface area contributed by atoms with Gasteiger partial charge in [-0.05, 0) is 30.9 Å². The van der Waals surface area contributed by atoms with Crippen LogP contribution in [-0.4, -0.2) is 18.1 Å². The molecule has 0 atom stereocenters. The lowest BCUT2D eigenvalue weighted by Crippen LogP contribution is -2.34. The zero-order chi connectivity index (χ0) is 14.0. The van der Waals surface area contributed by atoms with Gasteiger partial charge < -0.3 is 4.90 Å². The lowest BCUT2D eigenvalue weighted by Gasteiger charge is -2.32. The van der Waals surface area contributed by atoms with Crippen LogP contribution in [0.1, 0.15) is 31.7 Å². The predicted molar refractivity (Wildman–Crippen MR) is 69.5 cm³/mol. The molecule has 1 aliphatic rings. The molecule has 106 valence electrons. The Labute approximate surface area is 115 Å². The molecule has 19 heavy (non-hydrogen) atoms.